The fourth-order valence-corrected chi connectivity index (χ4v) is 3.31. The van der Waals surface area contributed by atoms with Crippen LogP contribution in [0, 0.1) is 0 Å². The number of aromatic nitrogens is 2. The van der Waals surface area contributed by atoms with E-state index in [1.165, 1.54) is 0 Å². The Morgan fingerprint density at radius 2 is 1.85 bits per heavy atom. The van der Waals surface area contributed by atoms with Crippen LogP contribution in [0.2, 0.25) is 0 Å². The summed E-state index contributed by atoms with van der Waals surface area (Å²) in [7, 11) is 0. The smallest absolute Gasteiger partial charge is 0.249 e. The molecule has 0 aliphatic carbocycles. The van der Waals surface area contributed by atoms with E-state index in [4.69, 9.17) is 0 Å². The van der Waals surface area contributed by atoms with Gasteiger partial charge in [-0.05, 0) is 37.1 Å². The van der Waals surface area contributed by atoms with Gasteiger partial charge in [0.15, 0.2) is 0 Å². The van der Waals surface area contributed by atoms with E-state index in [1.807, 2.05) is 59.2 Å². The number of nitrogens with zero attached hydrogens (tertiary/aromatic N) is 2. The molecule has 1 fully saturated rings. The van der Waals surface area contributed by atoms with E-state index in [9.17, 15) is 9.59 Å². The zero-order valence-corrected chi connectivity index (χ0v) is 14.3. The molecule has 1 unspecified atom stereocenters. The van der Waals surface area contributed by atoms with Crippen LogP contribution in [0.3, 0.4) is 0 Å². The Bertz CT molecular complexity index is 949. The molecule has 132 valence electrons. The number of benzene rings is 2. The molecule has 1 atom stereocenters. The molecule has 1 aromatic heterocycles. The number of hydrogen-bond donors (Lipinski definition) is 2. The van der Waals surface area contributed by atoms with E-state index in [2.05, 4.69) is 15.6 Å². The van der Waals surface area contributed by atoms with Gasteiger partial charge in [-0.25, -0.2) is 4.98 Å². The molecular formula is C20H20N4O2. The molecule has 1 saturated heterocycles. The van der Waals surface area contributed by atoms with Gasteiger partial charge in [0.25, 0.3) is 0 Å². The number of para-hydroxylation sites is 3. The summed E-state index contributed by atoms with van der Waals surface area (Å²) >= 11 is 0. The van der Waals surface area contributed by atoms with E-state index in [1.54, 1.807) is 0 Å². The fourth-order valence-electron chi connectivity index (χ4n) is 3.31. The molecule has 1 aliphatic heterocycles. The number of anilines is 1. The van der Waals surface area contributed by atoms with Crippen LogP contribution in [0.1, 0.15) is 25.7 Å². The van der Waals surface area contributed by atoms with Crippen molar-refractivity contribution >= 4 is 28.8 Å². The van der Waals surface area contributed by atoms with Crippen molar-refractivity contribution in [2.75, 3.05) is 5.32 Å². The van der Waals surface area contributed by atoms with E-state index in [0.29, 0.717) is 18.8 Å². The summed E-state index contributed by atoms with van der Waals surface area (Å²) in [4.78, 5) is 29.1. The summed E-state index contributed by atoms with van der Waals surface area (Å²) in [6.07, 6.45) is 2.79. The van der Waals surface area contributed by atoms with Crippen LogP contribution in [0.5, 0.6) is 0 Å². The van der Waals surface area contributed by atoms with Crippen LogP contribution in [-0.2, 0) is 9.59 Å². The number of hydrogen-bond acceptors (Lipinski definition) is 3. The molecule has 2 heterocycles. The number of rotatable bonds is 3. The molecule has 1 aliphatic rings. The Kier molecular flexibility index (Phi) is 4.39. The first-order valence-corrected chi connectivity index (χ1v) is 8.85. The van der Waals surface area contributed by atoms with E-state index in [-0.39, 0.29) is 11.8 Å². The number of fused-ring (bicyclic) bond motifs is 1. The second-order valence-corrected chi connectivity index (χ2v) is 6.45. The van der Waals surface area contributed by atoms with Crippen LogP contribution in [0.4, 0.5) is 5.95 Å². The summed E-state index contributed by atoms with van der Waals surface area (Å²) in [6, 6.07) is 17.0. The Hall–Kier alpha value is -3.15. The van der Waals surface area contributed by atoms with Crippen molar-refractivity contribution < 1.29 is 9.59 Å². The largest absolute Gasteiger partial charge is 0.344 e. The lowest BCUT2D eigenvalue weighted by Crippen LogP contribution is -2.42. The van der Waals surface area contributed by atoms with Gasteiger partial charge in [0.2, 0.25) is 17.8 Å². The molecule has 0 spiro atoms. The molecule has 4 rings (SSSR count). The lowest BCUT2D eigenvalue weighted by Gasteiger charge is -2.16. The average molecular weight is 348 g/mol. The zero-order chi connectivity index (χ0) is 17.9. The van der Waals surface area contributed by atoms with Gasteiger partial charge >= 0.3 is 0 Å². The lowest BCUT2D eigenvalue weighted by atomic mass is 10.1. The average Bonchev–Trinajstić information content (AvgIpc) is 2.87. The van der Waals surface area contributed by atoms with E-state index in [0.717, 1.165) is 29.6 Å². The highest BCUT2D eigenvalue weighted by molar-refractivity contribution is 5.98. The Balaban J connectivity index is 1.70. The van der Waals surface area contributed by atoms with Gasteiger partial charge in [-0.3, -0.25) is 19.5 Å². The second kappa shape index (κ2) is 7.00. The molecule has 3 aromatic rings. The second-order valence-electron chi connectivity index (χ2n) is 6.45. The molecular weight excluding hydrogens is 328 g/mol. The summed E-state index contributed by atoms with van der Waals surface area (Å²) in [5, 5.41) is 5.72. The maximum Gasteiger partial charge on any atom is 0.249 e. The minimum atomic E-state index is -0.519. The number of imidazole rings is 1. The van der Waals surface area contributed by atoms with Gasteiger partial charge < -0.3 is 5.32 Å². The van der Waals surface area contributed by atoms with Crippen molar-refractivity contribution in [2.24, 2.45) is 0 Å². The summed E-state index contributed by atoms with van der Waals surface area (Å²) < 4.78 is 1.92. The molecule has 2 amide bonds. The minimum Gasteiger partial charge on any atom is -0.344 e. The van der Waals surface area contributed by atoms with Crippen LogP contribution in [0.15, 0.2) is 54.6 Å². The molecule has 0 radical (unpaired) electrons. The molecule has 6 nitrogen and oxygen atoms in total. The van der Waals surface area contributed by atoms with Crippen molar-refractivity contribution in [1.29, 1.82) is 0 Å². The Morgan fingerprint density at radius 1 is 1.08 bits per heavy atom. The maximum atomic E-state index is 12.7. The van der Waals surface area contributed by atoms with E-state index < -0.39 is 6.04 Å². The molecule has 2 N–H and O–H groups in total. The topological polar surface area (TPSA) is 76.0 Å². The highest BCUT2D eigenvalue weighted by Gasteiger charge is 2.25. The van der Waals surface area contributed by atoms with Gasteiger partial charge in [-0.1, -0.05) is 36.8 Å². The third-order valence-electron chi connectivity index (χ3n) is 4.61. The van der Waals surface area contributed by atoms with Crippen molar-refractivity contribution in [3.63, 3.8) is 0 Å². The Labute approximate surface area is 151 Å². The quantitative estimate of drug-likeness (QED) is 0.764. The summed E-state index contributed by atoms with van der Waals surface area (Å²) in [5.74, 6) is 0.160. The standard InChI is InChI=1S/C20H20N4O2/c25-18-13-7-5-11-16(21-18)19(26)23-20-22-15-10-4-6-12-17(15)24(20)14-8-2-1-3-9-14/h1-4,6,8-10,12,16H,5,7,11,13H2,(H,21,25)(H,22,23,26). The van der Waals surface area contributed by atoms with Crippen LogP contribution < -0.4 is 10.6 Å². The highest BCUT2D eigenvalue weighted by Crippen LogP contribution is 2.25. The van der Waals surface area contributed by atoms with Crippen LogP contribution in [-0.4, -0.2) is 27.4 Å². The van der Waals surface area contributed by atoms with Gasteiger partial charge in [0.1, 0.15) is 6.04 Å². The van der Waals surface area contributed by atoms with Crippen molar-refractivity contribution in [2.45, 2.75) is 31.7 Å². The van der Waals surface area contributed by atoms with Crippen molar-refractivity contribution in [1.82, 2.24) is 14.9 Å². The predicted molar refractivity (Wildman–Crippen MR) is 100 cm³/mol. The SMILES string of the molecule is O=C1CCCCC(C(=O)Nc2nc3ccccc3n2-c2ccccc2)N1. The zero-order valence-electron chi connectivity index (χ0n) is 14.3. The van der Waals surface area contributed by atoms with Crippen molar-refractivity contribution in [3.05, 3.63) is 54.6 Å². The lowest BCUT2D eigenvalue weighted by molar-refractivity contribution is -0.126. The van der Waals surface area contributed by atoms with Gasteiger partial charge in [-0.2, -0.15) is 0 Å². The van der Waals surface area contributed by atoms with E-state index >= 15 is 0 Å². The number of nitrogens with one attached hydrogen (secondary N) is 2. The first kappa shape index (κ1) is 16.3. The normalized spacial score (nSPS) is 17.5. The highest BCUT2D eigenvalue weighted by atomic mass is 16.2. The van der Waals surface area contributed by atoms with Crippen LogP contribution >= 0.6 is 0 Å². The van der Waals surface area contributed by atoms with Crippen molar-refractivity contribution in [3.8, 4) is 5.69 Å². The molecule has 26 heavy (non-hydrogen) atoms. The predicted octanol–water partition coefficient (Wildman–Crippen LogP) is 3.02. The van der Waals surface area contributed by atoms with Gasteiger partial charge in [-0.15, -0.1) is 0 Å². The molecule has 6 heteroatoms. The first-order chi connectivity index (χ1) is 12.7. The first-order valence-electron chi connectivity index (χ1n) is 8.85. The van der Waals surface area contributed by atoms with Gasteiger partial charge in [0, 0.05) is 12.1 Å². The van der Waals surface area contributed by atoms with Crippen LogP contribution in [0.25, 0.3) is 16.7 Å². The number of carbonyl (C=O) groups excluding carboxylic acids is 2. The minimum absolute atomic E-state index is 0.0702. The third-order valence-corrected chi connectivity index (χ3v) is 4.61. The monoisotopic (exact) mass is 348 g/mol. The molecule has 2 aromatic carbocycles. The summed E-state index contributed by atoms with van der Waals surface area (Å²) in [6.45, 7) is 0. The Morgan fingerprint density at radius 3 is 2.69 bits per heavy atom. The molecule has 0 saturated carbocycles. The number of amides is 2. The summed E-state index contributed by atoms with van der Waals surface area (Å²) in [5.41, 5.74) is 2.64. The fraction of sp³-hybridized carbons (Fsp3) is 0.250. The van der Waals surface area contributed by atoms with Gasteiger partial charge in [0.05, 0.1) is 11.0 Å². The number of carbonyl (C=O) groups is 2. The maximum absolute atomic E-state index is 12.7. The molecule has 0 bridgehead atoms. The third kappa shape index (κ3) is 3.18.